The molecule has 2 nitrogen and oxygen atoms in total. The largest absolute Gasteiger partial charge is 0.362 e. The van der Waals surface area contributed by atoms with Crippen LogP contribution >= 0.6 is 0 Å². The van der Waals surface area contributed by atoms with Gasteiger partial charge in [-0.25, -0.2) is 0 Å². The molecule has 0 saturated heterocycles. The summed E-state index contributed by atoms with van der Waals surface area (Å²) in [7, 11) is 0. The van der Waals surface area contributed by atoms with Crippen molar-refractivity contribution < 1.29 is 4.79 Å². The number of aldehydes is 1. The Hall–Kier alpha value is -1.05. The van der Waals surface area contributed by atoms with Crippen molar-refractivity contribution in [3.63, 3.8) is 0 Å². The smallest absolute Gasteiger partial charge is 0.130 e. The molecular formula is C13H19NO. The van der Waals surface area contributed by atoms with Crippen molar-refractivity contribution in [3.05, 3.63) is 22.5 Å². The Bertz CT molecular complexity index is 428. The summed E-state index contributed by atoms with van der Waals surface area (Å²) in [5, 5.41) is 0. The van der Waals surface area contributed by atoms with E-state index in [0.29, 0.717) is 0 Å². The van der Waals surface area contributed by atoms with E-state index in [1.165, 1.54) is 16.8 Å². The van der Waals surface area contributed by atoms with E-state index in [-0.39, 0.29) is 10.8 Å². The number of hydrogen-bond acceptors (Lipinski definition) is 1. The van der Waals surface area contributed by atoms with Gasteiger partial charge in [-0.05, 0) is 43.7 Å². The van der Waals surface area contributed by atoms with Crippen LogP contribution in [0.4, 0.5) is 0 Å². The van der Waals surface area contributed by atoms with Gasteiger partial charge in [-0.2, -0.15) is 0 Å². The molecule has 0 bridgehead atoms. The first-order valence-electron chi connectivity index (χ1n) is 5.48. The van der Waals surface area contributed by atoms with Gasteiger partial charge in [0.25, 0.3) is 0 Å². The number of aromatic nitrogens is 1. The highest BCUT2D eigenvalue weighted by Crippen LogP contribution is 2.51. The molecule has 1 aromatic heterocycles. The fourth-order valence-corrected chi connectivity index (χ4v) is 3.54. The summed E-state index contributed by atoms with van der Waals surface area (Å²) in [6.45, 7) is 10.7. The summed E-state index contributed by atoms with van der Waals surface area (Å²) in [6, 6.07) is 0. The summed E-state index contributed by atoms with van der Waals surface area (Å²) < 4.78 is 0. The predicted octanol–water partition coefficient (Wildman–Crippen LogP) is 2.77. The van der Waals surface area contributed by atoms with Gasteiger partial charge in [-0.1, -0.05) is 13.8 Å². The first kappa shape index (κ1) is 10.5. The number of carbonyl (C=O) groups excluding carboxylic acids is 1. The third-order valence-electron chi connectivity index (χ3n) is 3.69. The van der Waals surface area contributed by atoms with Gasteiger partial charge >= 0.3 is 0 Å². The lowest BCUT2D eigenvalue weighted by Crippen LogP contribution is -2.24. The second kappa shape index (κ2) is 2.75. The molecule has 0 spiro atoms. The number of hydrogen-bond donors (Lipinski definition) is 1. The zero-order valence-corrected chi connectivity index (χ0v) is 10.2. The Balaban J connectivity index is 2.76. The van der Waals surface area contributed by atoms with Crippen molar-refractivity contribution in [2.75, 3.05) is 0 Å². The molecule has 1 aliphatic carbocycles. The van der Waals surface area contributed by atoms with Crippen LogP contribution in [0.3, 0.4) is 0 Å². The zero-order chi connectivity index (χ0) is 11.4. The molecule has 1 heterocycles. The SMILES string of the molecule is Cc1[nH]c(C)c2c1C(C)(C)C[C@@]2(C)C=O. The number of aromatic amines is 1. The molecule has 1 aromatic rings. The van der Waals surface area contributed by atoms with Gasteiger partial charge in [0, 0.05) is 11.4 Å². The van der Waals surface area contributed by atoms with Crippen LogP contribution in [0, 0.1) is 13.8 Å². The Morgan fingerprint density at radius 1 is 1.13 bits per heavy atom. The molecule has 0 saturated carbocycles. The van der Waals surface area contributed by atoms with Crippen molar-refractivity contribution in [2.24, 2.45) is 0 Å². The predicted molar refractivity (Wildman–Crippen MR) is 61.3 cm³/mol. The van der Waals surface area contributed by atoms with Crippen LogP contribution in [0.25, 0.3) is 0 Å². The van der Waals surface area contributed by atoms with Gasteiger partial charge in [0.05, 0.1) is 5.41 Å². The van der Waals surface area contributed by atoms with Crippen molar-refractivity contribution in [1.82, 2.24) is 4.98 Å². The van der Waals surface area contributed by atoms with Gasteiger partial charge < -0.3 is 9.78 Å². The third-order valence-corrected chi connectivity index (χ3v) is 3.69. The summed E-state index contributed by atoms with van der Waals surface area (Å²) in [5.41, 5.74) is 4.78. The van der Waals surface area contributed by atoms with E-state index in [9.17, 15) is 4.79 Å². The quantitative estimate of drug-likeness (QED) is 0.703. The Labute approximate surface area is 91.1 Å². The minimum atomic E-state index is -0.298. The van der Waals surface area contributed by atoms with E-state index in [2.05, 4.69) is 32.7 Å². The number of H-pyrrole nitrogens is 1. The average molecular weight is 205 g/mol. The molecule has 0 unspecified atom stereocenters. The molecule has 15 heavy (non-hydrogen) atoms. The van der Waals surface area contributed by atoms with E-state index in [0.717, 1.165) is 18.4 Å². The second-order valence-electron chi connectivity index (χ2n) is 5.72. The molecule has 1 atom stereocenters. The average Bonchev–Trinajstić information content (AvgIpc) is 2.51. The van der Waals surface area contributed by atoms with Crippen molar-refractivity contribution >= 4 is 6.29 Å². The topological polar surface area (TPSA) is 32.9 Å². The van der Waals surface area contributed by atoms with Crippen LogP contribution in [-0.4, -0.2) is 11.3 Å². The van der Waals surface area contributed by atoms with Crippen LogP contribution in [0.15, 0.2) is 0 Å². The first-order chi connectivity index (χ1) is 6.82. The highest BCUT2D eigenvalue weighted by molar-refractivity contribution is 5.74. The molecule has 0 radical (unpaired) electrons. The van der Waals surface area contributed by atoms with Gasteiger partial charge in [0.15, 0.2) is 0 Å². The van der Waals surface area contributed by atoms with E-state index in [1.54, 1.807) is 0 Å². The van der Waals surface area contributed by atoms with Gasteiger partial charge in [0.2, 0.25) is 0 Å². The molecule has 1 aliphatic rings. The number of carbonyl (C=O) groups is 1. The van der Waals surface area contributed by atoms with Crippen molar-refractivity contribution in [2.45, 2.75) is 51.9 Å². The van der Waals surface area contributed by atoms with Crippen LogP contribution in [0.5, 0.6) is 0 Å². The molecule has 0 fully saturated rings. The number of nitrogens with one attached hydrogen (secondary N) is 1. The third kappa shape index (κ3) is 1.20. The summed E-state index contributed by atoms with van der Waals surface area (Å²) >= 11 is 0. The molecule has 1 N–H and O–H groups in total. The lowest BCUT2D eigenvalue weighted by molar-refractivity contribution is -0.112. The molecule has 2 rings (SSSR count). The molecule has 0 aliphatic heterocycles. The number of rotatable bonds is 1. The highest BCUT2D eigenvalue weighted by atomic mass is 16.1. The molecule has 0 aromatic carbocycles. The van der Waals surface area contributed by atoms with Crippen molar-refractivity contribution in [3.8, 4) is 0 Å². The van der Waals surface area contributed by atoms with Crippen LogP contribution in [0.1, 0.15) is 49.7 Å². The van der Waals surface area contributed by atoms with E-state index < -0.39 is 0 Å². The maximum Gasteiger partial charge on any atom is 0.130 e. The Kier molecular flexibility index (Phi) is 1.92. The normalized spacial score (nSPS) is 27.8. The van der Waals surface area contributed by atoms with Gasteiger partial charge in [0.1, 0.15) is 6.29 Å². The monoisotopic (exact) mass is 205 g/mol. The molecule has 0 amide bonds. The standard InChI is InChI=1S/C13H19NO/c1-8-10-11(9(2)14-8)13(5,7-15)6-12(10,3)4/h7,14H,6H2,1-5H3/t13-/m0/s1. The van der Waals surface area contributed by atoms with Crippen LogP contribution < -0.4 is 0 Å². The summed E-state index contributed by atoms with van der Waals surface area (Å²) in [4.78, 5) is 14.7. The van der Waals surface area contributed by atoms with Crippen LogP contribution in [-0.2, 0) is 15.6 Å². The van der Waals surface area contributed by atoms with Gasteiger partial charge in [-0.15, -0.1) is 0 Å². The fourth-order valence-electron chi connectivity index (χ4n) is 3.54. The maximum atomic E-state index is 11.3. The van der Waals surface area contributed by atoms with E-state index in [4.69, 9.17) is 0 Å². The molecular weight excluding hydrogens is 186 g/mol. The lowest BCUT2D eigenvalue weighted by atomic mass is 9.80. The summed E-state index contributed by atoms with van der Waals surface area (Å²) in [5.74, 6) is 0. The van der Waals surface area contributed by atoms with Crippen molar-refractivity contribution in [1.29, 1.82) is 0 Å². The Morgan fingerprint density at radius 2 is 1.67 bits per heavy atom. The van der Waals surface area contributed by atoms with Crippen LogP contribution in [0.2, 0.25) is 0 Å². The fraction of sp³-hybridized carbons (Fsp3) is 0.615. The molecule has 2 heteroatoms. The summed E-state index contributed by atoms with van der Waals surface area (Å²) in [6.07, 6.45) is 2.03. The van der Waals surface area contributed by atoms with Gasteiger partial charge in [-0.3, -0.25) is 0 Å². The highest BCUT2D eigenvalue weighted by Gasteiger charge is 2.47. The lowest BCUT2D eigenvalue weighted by Gasteiger charge is -2.23. The second-order valence-corrected chi connectivity index (χ2v) is 5.72. The molecule has 82 valence electrons. The minimum Gasteiger partial charge on any atom is -0.362 e. The first-order valence-corrected chi connectivity index (χ1v) is 5.48. The van der Waals surface area contributed by atoms with E-state index >= 15 is 0 Å². The Morgan fingerprint density at radius 3 is 2.20 bits per heavy atom. The number of fused-ring (bicyclic) bond motifs is 1. The number of aryl methyl sites for hydroxylation is 2. The van der Waals surface area contributed by atoms with E-state index in [1.807, 2.05) is 6.92 Å². The zero-order valence-electron chi connectivity index (χ0n) is 10.2. The maximum absolute atomic E-state index is 11.3. The minimum absolute atomic E-state index is 0.111.